The summed E-state index contributed by atoms with van der Waals surface area (Å²) >= 11 is 5.92. The third-order valence-electron chi connectivity index (χ3n) is 3.74. The fourth-order valence-corrected chi connectivity index (χ4v) is 2.63. The summed E-state index contributed by atoms with van der Waals surface area (Å²) in [5.41, 5.74) is 6.98. The van der Waals surface area contributed by atoms with Crippen LogP contribution in [0, 0.1) is 0 Å². The van der Waals surface area contributed by atoms with Crippen molar-refractivity contribution in [2.75, 3.05) is 6.61 Å². The average molecular weight is 397 g/mol. The molecule has 0 fully saturated rings. The monoisotopic (exact) mass is 396 g/mol. The van der Waals surface area contributed by atoms with Gasteiger partial charge in [0.15, 0.2) is 5.82 Å². The van der Waals surface area contributed by atoms with Crippen LogP contribution in [0.2, 0.25) is 5.02 Å². The fraction of sp³-hybridized carbons (Fsp3) is 0.467. The van der Waals surface area contributed by atoms with E-state index >= 15 is 0 Å². The molecule has 0 radical (unpaired) electrons. The minimum Gasteiger partial charge on any atom is -0.402 e. The van der Waals surface area contributed by atoms with Crippen LogP contribution in [0.4, 0.5) is 0 Å². The van der Waals surface area contributed by atoms with Crippen molar-refractivity contribution in [3.63, 3.8) is 0 Å². The highest BCUT2D eigenvalue weighted by Gasteiger charge is 2.17. The molecule has 1 aromatic heterocycles. The molecular formula is C15H22BClN6O4. The Morgan fingerprint density at radius 2 is 2.22 bits per heavy atom. The zero-order valence-corrected chi connectivity index (χ0v) is 15.4. The highest BCUT2D eigenvalue weighted by atomic mass is 35.5. The van der Waals surface area contributed by atoms with E-state index in [4.69, 9.17) is 27.4 Å². The number of nitrogens with one attached hydrogen (secondary N) is 1. The van der Waals surface area contributed by atoms with Gasteiger partial charge in [-0.1, -0.05) is 23.7 Å². The molecule has 12 heteroatoms. The molecule has 0 saturated carbocycles. The smallest absolute Gasteiger partial charge is 0.402 e. The molecule has 1 amide bonds. The SMILES string of the molecule is NC(CCCCOB(O)O)c1nnnn1CC(=O)NCc1cccc(Cl)c1. The molecule has 0 aliphatic rings. The largest absolute Gasteiger partial charge is 0.633 e. The van der Waals surface area contributed by atoms with E-state index in [2.05, 4.69) is 25.5 Å². The van der Waals surface area contributed by atoms with Gasteiger partial charge < -0.3 is 25.8 Å². The van der Waals surface area contributed by atoms with Crippen molar-refractivity contribution in [3.05, 3.63) is 40.7 Å². The number of aromatic nitrogens is 4. The summed E-state index contributed by atoms with van der Waals surface area (Å²) < 4.78 is 5.99. The van der Waals surface area contributed by atoms with Crippen LogP contribution in [0.1, 0.15) is 36.7 Å². The second-order valence-corrected chi connectivity index (χ2v) is 6.34. The molecule has 2 rings (SSSR count). The Hall–Kier alpha value is -2.05. The molecular weight excluding hydrogens is 374 g/mol. The van der Waals surface area contributed by atoms with Crippen LogP contribution in [0.25, 0.3) is 0 Å². The number of halogens is 1. The second-order valence-electron chi connectivity index (χ2n) is 5.90. The summed E-state index contributed by atoms with van der Waals surface area (Å²) in [5, 5.41) is 31.9. The van der Waals surface area contributed by atoms with Crippen molar-refractivity contribution in [3.8, 4) is 0 Å². The highest BCUT2D eigenvalue weighted by molar-refractivity contribution is 6.32. The normalized spacial score (nSPS) is 12.0. The molecule has 1 atom stereocenters. The van der Waals surface area contributed by atoms with E-state index in [1.54, 1.807) is 12.1 Å². The molecule has 0 bridgehead atoms. The Balaban J connectivity index is 1.78. The van der Waals surface area contributed by atoms with Crippen LogP contribution in [0.3, 0.4) is 0 Å². The Bertz CT molecular complexity index is 732. The third kappa shape index (κ3) is 7.61. The number of carbonyl (C=O) groups excluding carboxylic acids is 1. The Labute approximate surface area is 161 Å². The van der Waals surface area contributed by atoms with Crippen LogP contribution in [0.5, 0.6) is 0 Å². The zero-order chi connectivity index (χ0) is 19.6. The van der Waals surface area contributed by atoms with Gasteiger partial charge in [0.05, 0.1) is 6.04 Å². The first-order valence-corrected chi connectivity index (χ1v) is 8.84. The highest BCUT2D eigenvalue weighted by Crippen LogP contribution is 2.14. The number of nitrogens with two attached hydrogens (primary N) is 1. The van der Waals surface area contributed by atoms with E-state index in [1.165, 1.54) is 4.68 Å². The molecule has 0 aliphatic heterocycles. The lowest BCUT2D eigenvalue weighted by atomic mass is 10.1. The second kappa shape index (κ2) is 10.9. The van der Waals surface area contributed by atoms with Gasteiger partial charge in [0.2, 0.25) is 5.91 Å². The van der Waals surface area contributed by atoms with Crippen molar-refractivity contribution in [1.82, 2.24) is 25.5 Å². The van der Waals surface area contributed by atoms with Gasteiger partial charge in [-0.3, -0.25) is 4.79 Å². The van der Waals surface area contributed by atoms with Crippen molar-refractivity contribution in [2.24, 2.45) is 5.73 Å². The van der Waals surface area contributed by atoms with Crippen LogP contribution >= 0.6 is 11.6 Å². The van der Waals surface area contributed by atoms with Gasteiger partial charge in [-0.2, -0.15) is 0 Å². The van der Waals surface area contributed by atoms with E-state index in [0.717, 1.165) is 5.56 Å². The van der Waals surface area contributed by atoms with E-state index in [0.29, 0.717) is 36.7 Å². The summed E-state index contributed by atoms with van der Waals surface area (Å²) in [6.07, 6.45) is 1.85. The van der Waals surface area contributed by atoms with Gasteiger partial charge in [-0.05, 0) is 47.4 Å². The minimum absolute atomic E-state index is 0.0452. The molecule has 1 unspecified atom stereocenters. The van der Waals surface area contributed by atoms with E-state index in [9.17, 15) is 4.79 Å². The summed E-state index contributed by atoms with van der Waals surface area (Å²) in [4.78, 5) is 12.1. The molecule has 2 aromatic rings. The first-order valence-electron chi connectivity index (χ1n) is 8.46. The van der Waals surface area contributed by atoms with Crippen LogP contribution < -0.4 is 11.1 Å². The molecule has 0 saturated heterocycles. The number of rotatable bonds is 11. The van der Waals surface area contributed by atoms with Gasteiger partial charge in [-0.25, -0.2) is 4.68 Å². The Morgan fingerprint density at radius 3 is 2.96 bits per heavy atom. The summed E-state index contributed by atoms with van der Waals surface area (Å²) in [6.45, 7) is 0.511. The lowest BCUT2D eigenvalue weighted by molar-refractivity contribution is -0.122. The number of amides is 1. The maximum atomic E-state index is 12.1. The summed E-state index contributed by atoms with van der Waals surface area (Å²) in [7, 11) is -1.77. The van der Waals surface area contributed by atoms with Gasteiger partial charge in [0, 0.05) is 18.2 Å². The fourth-order valence-electron chi connectivity index (χ4n) is 2.41. The van der Waals surface area contributed by atoms with E-state index < -0.39 is 13.4 Å². The Kier molecular flexibility index (Phi) is 8.62. The predicted octanol–water partition coefficient (Wildman–Crippen LogP) is -0.201. The molecule has 0 spiro atoms. The van der Waals surface area contributed by atoms with E-state index in [-0.39, 0.29) is 19.1 Å². The number of carbonyl (C=O) groups is 1. The van der Waals surface area contributed by atoms with Crippen LogP contribution in [-0.2, 0) is 22.5 Å². The lowest BCUT2D eigenvalue weighted by Gasteiger charge is -2.12. The maximum Gasteiger partial charge on any atom is 0.633 e. The van der Waals surface area contributed by atoms with Crippen molar-refractivity contribution in [2.45, 2.75) is 38.4 Å². The van der Waals surface area contributed by atoms with Crippen LogP contribution in [-0.4, -0.2) is 50.1 Å². The minimum atomic E-state index is -1.77. The van der Waals surface area contributed by atoms with Crippen molar-refractivity contribution >= 4 is 24.8 Å². The molecule has 1 heterocycles. The third-order valence-corrected chi connectivity index (χ3v) is 3.97. The predicted molar refractivity (Wildman–Crippen MR) is 98.0 cm³/mol. The van der Waals surface area contributed by atoms with Gasteiger partial charge in [-0.15, -0.1) is 5.10 Å². The quantitative estimate of drug-likeness (QED) is 0.301. The van der Waals surface area contributed by atoms with Crippen molar-refractivity contribution in [1.29, 1.82) is 0 Å². The molecule has 1 aromatic carbocycles. The topological polar surface area (TPSA) is 148 Å². The molecule has 146 valence electrons. The van der Waals surface area contributed by atoms with Gasteiger partial charge in [0.25, 0.3) is 0 Å². The van der Waals surface area contributed by atoms with Crippen molar-refractivity contribution < 1.29 is 19.5 Å². The number of benzene rings is 1. The summed E-state index contributed by atoms with van der Waals surface area (Å²) in [5.74, 6) is 0.164. The molecule has 5 N–H and O–H groups in total. The van der Waals surface area contributed by atoms with Gasteiger partial charge in [0.1, 0.15) is 6.54 Å². The molecule has 0 aliphatic carbocycles. The number of nitrogens with zero attached hydrogens (tertiary/aromatic N) is 4. The first kappa shape index (κ1) is 21.3. The molecule has 10 nitrogen and oxygen atoms in total. The lowest BCUT2D eigenvalue weighted by Crippen LogP contribution is -2.29. The number of hydrogen-bond acceptors (Lipinski definition) is 8. The number of hydrogen-bond donors (Lipinski definition) is 4. The van der Waals surface area contributed by atoms with Gasteiger partial charge >= 0.3 is 7.32 Å². The van der Waals surface area contributed by atoms with E-state index in [1.807, 2.05) is 12.1 Å². The standard InChI is InChI=1S/C15H22BClN6O4/c17-12-5-3-4-11(8-12)9-19-14(24)10-23-15(20-21-22-23)13(18)6-1-2-7-27-16(25)26/h3-5,8,13,25-26H,1-2,6-7,9-10,18H2,(H,19,24). The Morgan fingerprint density at radius 1 is 1.41 bits per heavy atom. The van der Waals surface area contributed by atoms with Crippen LogP contribution in [0.15, 0.2) is 24.3 Å². The number of unbranched alkanes of at least 4 members (excludes halogenated alkanes) is 1. The maximum absolute atomic E-state index is 12.1. The zero-order valence-electron chi connectivity index (χ0n) is 14.7. The summed E-state index contributed by atoms with van der Waals surface area (Å²) in [6, 6.07) is 6.78. The first-order chi connectivity index (χ1) is 13.0. The molecule has 27 heavy (non-hydrogen) atoms. The average Bonchev–Trinajstić information content (AvgIpc) is 3.07. The number of tetrazole rings is 1.